The van der Waals surface area contributed by atoms with Crippen LogP contribution in [0, 0.1) is 0 Å². The first-order chi connectivity index (χ1) is 8.65. The van der Waals surface area contributed by atoms with Crippen molar-refractivity contribution in [3.05, 3.63) is 35.9 Å². The van der Waals surface area contributed by atoms with E-state index in [1.807, 2.05) is 18.2 Å². The molecule has 0 spiro atoms. The molecule has 1 heterocycles. The molecule has 1 atom stereocenters. The highest BCUT2D eigenvalue weighted by Gasteiger charge is 2.34. The van der Waals surface area contributed by atoms with Gasteiger partial charge in [0.15, 0.2) is 0 Å². The quantitative estimate of drug-likeness (QED) is 0.631. The van der Waals surface area contributed by atoms with Gasteiger partial charge in [0.1, 0.15) is 12.6 Å². The van der Waals surface area contributed by atoms with Gasteiger partial charge in [0.05, 0.1) is 6.42 Å². The van der Waals surface area contributed by atoms with Crippen molar-refractivity contribution in [3.8, 4) is 0 Å². The van der Waals surface area contributed by atoms with Gasteiger partial charge >= 0.3 is 18.0 Å². The maximum Gasteiger partial charge on any atom is 0.408 e. The first kappa shape index (κ1) is 12.1. The van der Waals surface area contributed by atoms with Crippen LogP contribution < -0.4 is 5.32 Å². The van der Waals surface area contributed by atoms with Gasteiger partial charge in [0.2, 0.25) is 0 Å². The molecule has 1 N–H and O–H groups in total. The van der Waals surface area contributed by atoms with Crippen molar-refractivity contribution in [2.24, 2.45) is 0 Å². The molecule has 1 aromatic rings. The minimum atomic E-state index is -0.944. The van der Waals surface area contributed by atoms with E-state index in [1.54, 1.807) is 12.1 Å². The molecule has 1 aliphatic heterocycles. The van der Waals surface area contributed by atoms with Crippen LogP contribution in [0.3, 0.4) is 0 Å². The topological polar surface area (TPSA) is 81.7 Å². The zero-order chi connectivity index (χ0) is 13.0. The highest BCUT2D eigenvalue weighted by atomic mass is 16.6. The maximum atomic E-state index is 11.4. The third-order valence-corrected chi connectivity index (χ3v) is 2.37. The lowest BCUT2D eigenvalue weighted by Crippen LogP contribution is -2.38. The van der Waals surface area contributed by atoms with Gasteiger partial charge < -0.3 is 14.8 Å². The molecule has 18 heavy (non-hydrogen) atoms. The summed E-state index contributed by atoms with van der Waals surface area (Å²) in [6, 6.07) is 8.17. The molecule has 0 unspecified atom stereocenters. The standard InChI is InChI=1S/C12H11NO5/c14-10-6-9(11(15)18-10)13-12(16)17-7-8-4-2-1-3-5-8/h1-5,9H,6-7H2,(H,13,16)/t9-/m0/s1. The number of hydrogen-bond acceptors (Lipinski definition) is 5. The molecule has 1 saturated heterocycles. The molecule has 1 aromatic carbocycles. The Morgan fingerprint density at radius 3 is 2.67 bits per heavy atom. The van der Waals surface area contributed by atoms with E-state index in [-0.39, 0.29) is 13.0 Å². The number of cyclic esters (lactones) is 2. The minimum Gasteiger partial charge on any atom is -0.445 e. The Balaban J connectivity index is 1.79. The summed E-state index contributed by atoms with van der Waals surface area (Å²) in [5, 5.41) is 2.27. The summed E-state index contributed by atoms with van der Waals surface area (Å²) in [6.07, 6.45) is -0.908. The molecular formula is C12H11NO5. The van der Waals surface area contributed by atoms with Gasteiger partial charge in [0.25, 0.3) is 0 Å². The van der Waals surface area contributed by atoms with Crippen molar-refractivity contribution in [1.82, 2.24) is 5.32 Å². The van der Waals surface area contributed by atoms with E-state index >= 15 is 0 Å². The molecule has 1 fully saturated rings. The zero-order valence-corrected chi connectivity index (χ0v) is 9.42. The maximum absolute atomic E-state index is 11.4. The number of esters is 2. The number of rotatable bonds is 3. The number of hydrogen-bond donors (Lipinski definition) is 1. The molecule has 1 amide bonds. The van der Waals surface area contributed by atoms with Crippen LogP contribution in [0.15, 0.2) is 30.3 Å². The Bertz CT molecular complexity index is 471. The smallest absolute Gasteiger partial charge is 0.408 e. The predicted molar refractivity (Wildman–Crippen MR) is 59.3 cm³/mol. The molecule has 94 valence electrons. The van der Waals surface area contributed by atoms with Crippen LogP contribution in [-0.4, -0.2) is 24.1 Å². The summed E-state index contributed by atoms with van der Waals surface area (Å²) < 4.78 is 9.19. The Morgan fingerprint density at radius 1 is 1.33 bits per heavy atom. The van der Waals surface area contributed by atoms with E-state index in [2.05, 4.69) is 10.1 Å². The summed E-state index contributed by atoms with van der Waals surface area (Å²) in [7, 11) is 0. The van der Waals surface area contributed by atoms with Crippen LogP contribution in [0.1, 0.15) is 12.0 Å². The van der Waals surface area contributed by atoms with Gasteiger partial charge in [-0.1, -0.05) is 30.3 Å². The fraction of sp³-hybridized carbons (Fsp3) is 0.250. The second-order valence-corrected chi connectivity index (χ2v) is 3.76. The highest BCUT2D eigenvalue weighted by Crippen LogP contribution is 2.08. The van der Waals surface area contributed by atoms with Gasteiger partial charge in [-0.25, -0.2) is 9.59 Å². The van der Waals surface area contributed by atoms with Crippen LogP contribution in [0.4, 0.5) is 4.79 Å². The van der Waals surface area contributed by atoms with E-state index in [9.17, 15) is 14.4 Å². The number of alkyl carbamates (subject to hydrolysis) is 1. The molecule has 2 rings (SSSR count). The summed E-state index contributed by atoms with van der Waals surface area (Å²) in [4.78, 5) is 33.2. The van der Waals surface area contributed by atoms with E-state index in [0.717, 1.165) is 5.56 Å². The Kier molecular flexibility index (Phi) is 3.57. The molecule has 0 saturated carbocycles. The van der Waals surface area contributed by atoms with E-state index < -0.39 is 24.1 Å². The first-order valence-electron chi connectivity index (χ1n) is 5.37. The second-order valence-electron chi connectivity index (χ2n) is 3.76. The monoisotopic (exact) mass is 249 g/mol. The van der Waals surface area contributed by atoms with Crippen LogP contribution in [0.2, 0.25) is 0 Å². The normalized spacial score (nSPS) is 18.3. The third-order valence-electron chi connectivity index (χ3n) is 2.37. The Hall–Kier alpha value is -2.37. The van der Waals surface area contributed by atoms with Crippen molar-refractivity contribution < 1.29 is 23.9 Å². The second kappa shape index (κ2) is 5.31. The van der Waals surface area contributed by atoms with Gasteiger partial charge in [-0.3, -0.25) is 4.79 Å². The zero-order valence-electron chi connectivity index (χ0n) is 9.42. The lowest BCUT2D eigenvalue weighted by atomic mass is 10.2. The molecule has 6 nitrogen and oxygen atoms in total. The summed E-state index contributed by atoms with van der Waals surface area (Å²) in [6.45, 7) is 0.0996. The summed E-state index contributed by atoms with van der Waals surface area (Å²) in [5.74, 6) is -1.40. The van der Waals surface area contributed by atoms with E-state index in [0.29, 0.717) is 0 Å². The highest BCUT2D eigenvalue weighted by molar-refractivity contribution is 5.98. The minimum absolute atomic E-state index is 0.0996. The number of benzene rings is 1. The number of ether oxygens (including phenoxy) is 2. The largest absolute Gasteiger partial charge is 0.445 e. The van der Waals surface area contributed by atoms with Crippen LogP contribution >= 0.6 is 0 Å². The lowest BCUT2D eigenvalue weighted by molar-refractivity contribution is -0.152. The van der Waals surface area contributed by atoms with Crippen molar-refractivity contribution >= 4 is 18.0 Å². The first-order valence-corrected chi connectivity index (χ1v) is 5.37. The molecule has 6 heteroatoms. The predicted octanol–water partition coefficient (Wildman–Crippen LogP) is 0.755. The molecule has 0 aromatic heterocycles. The van der Waals surface area contributed by atoms with Crippen molar-refractivity contribution in [3.63, 3.8) is 0 Å². The number of carbonyl (C=O) groups is 3. The van der Waals surface area contributed by atoms with Gasteiger partial charge in [0, 0.05) is 0 Å². The summed E-state index contributed by atoms with van der Waals surface area (Å²) >= 11 is 0. The molecule has 0 aliphatic carbocycles. The SMILES string of the molecule is O=C1C[C@H](NC(=O)OCc2ccccc2)C(=O)O1. The van der Waals surface area contributed by atoms with Gasteiger partial charge in [-0.05, 0) is 5.56 Å². The molecule has 1 aliphatic rings. The average Bonchev–Trinajstić information content (AvgIpc) is 2.67. The van der Waals surface area contributed by atoms with Crippen LogP contribution in [0.25, 0.3) is 0 Å². The fourth-order valence-electron chi connectivity index (χ4n) is 1.49. The van der Waals surface area contributed by atoms with E-state index in [1.165, 1.54) is 0 Å². The van der Waals surface area contributed by atoms with Gasteiger partial charge in [-0.15, -0.1) is 0 Å². The van der Waals surface area contributed by atoms with Gasteiger partial charge in [-0.2, -0.15) is 0 Å². The number of carbonyl (C=O) groups excluding carboxylic acids is 3. The van der Waals surface area contributed by atoms with Crippen LogP contribution in [0.5, 0.6) is 0 Å². The number of amides is 1. The summed E-state index contributed by atoms with van der Waals surface area (Å²) in [5.41, 5.74) is 0.831. The fourth-order valence-corrected chi connectivity index (χ4v) is 1.49. The lowest BCUT2D eigenvalue weighted by Gasteiger charge is -2.08. The Labute approximate surface area is 103 Å². The Morgan fingerprint density at radius 2 is 2.06 bits per heavy atom. The third kappa shape index (κ3) is 3.07. The average molecular weight is 249 g/mol. The van der Waals surface area contributed by atoms with Crippen molar-refractivity contribution in [1.29, 1.82) is 0 Å². The molecule has 0 bridgehead atoms. The van der Waals surface area contributed by atoms with Crippen molar-refractivity contribution in [2.45, 2.75) is 19.1 Å². The van der Waals surface area contributed by atoms with Crippen LogP contribution in [-0.2, 0) is 25.7 Å². The number of nitrogens with one attached hydrogen (secondary N) is 1. The molecular weight excluding hydrogens is 238 g/mol. The van der Waals surface area contributed by atoms with E-state index in [4.69, 9.17) is 4.74 Å². The molecule has 0 radical (unpaired) electrons. The van der Waals surface area contributed by atoms with Crippen molar-refractivity contribution in [2.75, 3.05) is 0 Å².